The van der Waals surface area contributed by atoms with Crippen LogP contribution in [0.1, 0.15) is 27.7 Å². The van der Waals surface area contributed by atoms with E-state index in [-0.39, 0.29) is 23.2 Å². The predicted molar refractivity (Wildman–Crippen MR) is 92.7 cm³/mol. The van der Waals surface area contributed by atoms with E-state index < -0.39 is 41.6 Å². The number of carbonyl (C=O) groups is 3. The highest BCUT2D eigenvalue weighted by Crippen LogP contribution is 2.54. The van der Waals surface area contributed by atoms with Crippen LogP contribution in [-0.2, 0) is 23.9 Å². The summed E-state index contributed by atoms with van der Waals surface area (Å²) in [5.41, 5.74) is -0.219. The van der Waals surface area contributed by atoms with Crippen LogP contribution in [0.4, 0.5) is 0 Å². The van der Waals surface area contributed by atoms with Crippen molar-refractivity contribution in [3.8, 4) is 0 Å². The third-order valence-corrected chi connectivity index (χ3v) is 5.95. The van der Waals surface area contributed by atoms with E-state index in [1.807, 2.05) is 6.92 Å². The summed E-state index contributed by atoms with van der Waals surface area (Å²) >= 11 is 0. The van der Waals surface area contributed by atoms with E-state index in [0.717, 1.165) is 5.57 Å². The van der Waals surface area contributed by atoms with Crippen LogP contribution < -0.4 is 0 Å². The number of hydrogen-bond donors (Lipinski definition) is 1. The molecule has 2 fully saturated rings. The molecule has 3 aliphatic rings. The fourth-order valence-electron chi connectivity index (χ4n) is 4.51. The van der Waals surface area contributed by atoms with Gasteiger partial charge in [-0.25, -0.2) is 9.59 Å². The van der Waals surface area contributed by atoms with Crippen molar-refractivity contribution in [3.05, 3.63) is 36.0 Å². The molecule has 0 aromatic rings. The van der Waals surface area contributed by atoms with Crippen molar-refractivity contribution < 1.29 is 29.0 Å². The lowest BCUT2D eigenvalue weighted by Gasteiger charge is -2.39. The summed E-state index contributed by atoms with van der Waals surface area (Å²) in [5.74, 6) is -2.88. The Morgan fingerprint density at radius 1 is 1.38 bits per heavy atom. The number of allylic oxidation sites excluding steroid dienone is 3. The van der Waals surface area contributed by atoms with Gasteiger partial charge in [0, 0.05) is 11.6 Å². The van der Waals surface area contributed by atoms with Crippen LogP contribution in [0.5, 0.6) is 0 Å². The van der Waals surface area contributed by atoms with E-state index in [1.54, 1.807) is 26.8 Å². The lowest BCUT2D eigenvalue weighted by atomic mass is 9.67. The number of esters is 2. The van der Waals surface area contributed by atoms with Gasteiger partial charge in [0.2, 0.25) is 0 Å². The number of fused-ring (bicyclic) bond motifs is 2. The first-order valence-corrected chi connectivity index (χ1v) is 8.75. The molecule has 0 unspecified atom stereocenters. The highest BCUT2D eigenvalue weighted by molar-refractivity contribution is 5.99. The number of aliphatic hydroxyl groups excluding tert-OH is 1. The molecule has 26 heavy (non-hydrogen) atoms. The molecule has 0 bridgehead atoms. The van der Waals surface area contributed by atoms with Crippen LogP contribution in [0.15, 0.2) is 36.0 Å². The van der Waals surface area contributed by atoms with Crippen molar-refractivity contribution in [2.24, 2.45) is 23.2 Å². The van der Waals surface area contributed by atoms with Gasteiger partial charge in [-0.1, -0.05) is 25.2 Å². The minimum atomic E-state index is -1.10. The molecule has 0 aromatic carbocycles. The Hall–Kier alpha value is -2.21. The van der Waals surface area contributed by atoms with E-state index in [2.05, 4.69) is 6.58 Å². The molecule has 6 heteroatoms. The molecule has 2 aliphatic carbocycles. The zero-order valence-corrected chi connectivity index (χ0v) is 15.4. The van der Waals surface area contributed by atoms with Gasteiger partial charge in [-0.15, -0.1) is 0 Å². The molecule has 1 saturated heterocycles. The molecule has 140 valence electrons. The standard InChI is InChI=1S/C20H24O6/c1-9(2)8-14(22)25-18-15-11(4)19(24)26-17(15)16(23)10(3)12-6-7-13(21)20(12,18)5/h6-8,10,12,15-18,23H,4H2,1-3,5H3/t10-,12+,15+,16-,17+,18-,20-/m1/s1. The smallest absolute Gasteiger partial charge is 0.334 e. The van der Waals surface area contributed by atoms with Crippen molar-refractivity contribution >= 4 is 17.7 Å². The third-order valence-electron chi connectivity index (χ3n) is 5.95. The second-order valence-electron chi connectivity index (χ2n) is 7.88. The van der Waals surface area contributed by atoms with Gasteiger partial charge < -0.3 is 14.6 Å². The van der Waals surface area contributed by atoms with Gasteiger partial charge in [0.05, 0.1) is 17.4 Å². The topological polar surface area (TPSA) is 89.9 Å². The maximum Gasteiger partial charge on any atom is 0.334 e. The molecule has 0 spiro atoms. The molecule has 3 rings (SSSR count). The van der Waals surface area contributed by atoms with Crippen molar-refractivity contribution in [3.63, 3.8) is 0 Å². The van der Waals surface area contributed by atoms with Gasteiger partial charge >= 0.3 is 11.9 Å². The minimum absolute atomic E-state index is 0.123. The first-order chi connectivity index (χ1) is 12.1. The maximum absolute atomic E-state index is 12.8. The van der Waals surface area contributed by atoms with Crippen LogP contribution in [0.2, 0.25) is 0 Å². The van der Waals surface area contributed by atoms with Gasteiger partial charge in [0.15, 0.2) is 5.78 Å². The Morgan fingerprint density at radius 3 is 2.65 bits per heavy atom. The summed E-state index contributed by atoms with van der Waals surface area (Å²) in [6.07, 6.45) is 1.72. The highest BCUT2D eigenvalue weighted by atomic mass is 16.6. The monoisotopic (exact) mass is 360 g/mol. The Bertz CT molecular complexity index is 743. The number of hydrogen-bond acceptors (Lipinski definition) is 6. The lowest BCUT2D eigenvalue weighted by molar-refractivity contribution is -0.160. The molecule has 1 saturated carbocycles. The maximum atomic E-state index is 12.8. The fraction of sp³-hybridized carbons (Fsp3) is 0.550. The van der Waals surface area contributed by atoms with Crippen LogP contribution >= 0.6 is 0 Å². The summed E-state index contributed by atoms with van der Waals surface area (Å²) < 4.78 is 11.1. The SMILES string of the molecule is C=C1C(=O)O[C@@H]2[C@H](O)[C@H](C)[C@@H]3C=CC(=O)[C@]3(C)[C@H](OC(=O)C=C(C)C)[C@@H]12. The molecule has 1 heterocycles. The third kappa shape index (κ3) is 2.55. The van der Waals surface area contributed by atoms with Crippen molar-refractivity contribution in [1.29, 1.82) is 0 Å². The second-order valence-corrected chi connectivity index (χ2v) is 7.88. The predicted octanol–water partition coefficient (Wildman–Crippen LogP) is 1.73. The molecule has 0 radical (unpaired) electrons. The van der Waals surface area contributed by atoms with Gasteiger partial charge in [-0.05, 0) is 38.7 Å². The van der Waals surface area contributed by atoms with Gasteiger partial charge in [0.25, 0.3) is 0 Å². The molecule has 1 N–H and O–H groups in total. The zero-order chi connectivity index (χ0) is 19.4. The van der Waals surface area contributed by atoms with Crippen LogP contribution in [-0.4, -0.2) is 41.1 Å². The molecule has 0 aromatic heterocycles. The summed E-state index contributed by atoms with van der Waals surface area (Å²) in [6, 6.07) is 0. The van der Waals surface area contributed by atoms with Gasteiger partial charge in [-0.3, -0.25) is 4.79 Å². The van der Waals surface area contributed by atoms with E-state index in [1.165, 1.54) is 12.2 Å². The first kappa shape index (κ1) is 18.6. The van der Waals surface area contributed by atoms with Gasteiger partial charge in [0.1, 0.15) is 12.2 Å². The molecule has 6 nitrogen and oxygen atoms in total. The van der Waals surface area contributed by atoms with Crippen molar-refractivity contribution in [2.75, 3.05) is 0 Å². The zero-order valence-electron chi connectivity index (χ0n) is 15.4. The lowest BCUT2D eigenvalue weighted by Crippen LogP contribution is -2.49. The summed E-state index contributed by atoms with van der Waals surface area (Å²) in [5, 5.41) is 10.8. The Labute approximate surface area is 152 Å². The fourth-order valence-corrected chi connectivity index (χ4v) is 4.51. The first-order valence-electron chi connectivity index (χ1n) is 8.75. The Kier molecular flexibility index (Phi) is 4.43. The molecular weight excluding hydrogens is 336 g/mol. The van der Waals surface area contributed by atoms with E-state index >= 15 is 0 Å². The average molecular weight is 360 g/mol. The average Bonchev–Trinajstić information content (AvgIpc) is 2.99. The van der Waals surface area contributed by atoms with E-state index in [0.29, 0.717) is 0 Å². The normalized spacial score (nSPS) is 41.2. The summed E-state index contributed by atoms with van der Waals surface area (Å²) in [7, 11) is 0. The highest BCUT2D eigenvalue weighted by Gasteiger charge is 2.64. The molecular formula is C20H24O6. The van der Waals surface area contributed by atoms with E-state index in [4.69, 9.17) is 9.47 Å². The van der Waals surface area contributed by atoms with Crippen LogP contribution in [0.3, 0.4) is 0 Å². The number of rotatable bonds is 2. The van der Waals surface area contributed by atoms with Crippen molar-refractivity contribution in [1.82, 2.24) is 0 Å². The minimum Gasteiger partial charge on any atom is -0.457 e. The number of ketones is 1. The van der Waals surface area contributed by atoms with Crippen LogP contribution in [0, 0.1) is 23.2 Å². The number of aliphatic hydroxyl groups is 1. The van der Waals surface area contributed by atoms with Crippen molar-refractivity contribution in [2.45, 2.75) is 46.0 Å². The summed E-state index contributed by atoms with van der Waals surface area (Å²) in [4.78, 5) is 37.3. The van der Waals surface area contributed by atoms with Crippen LogP contribution in [0.25, 0.3) is 0 Å². The largest absolute Gasteiger partial charge is 0.457 e. The second kappa shape index (κ2) is 6.20. The number of carbonyl (C=O) groups excluding carboxylic acids is 3. The molecule has 7 atom stereocenters. The van der Waals surface area contributed by atoms with E-state index in [9.17, 15) is 19.5 Å². The van der Waals surface area contributed by atoms with Gasteiger partial charge in [-0.2, -0.15) is 0 Å². The Balaban J connectivity index is 2.12. The molecule has 1 aliphatic heterocycles. The molecule has 0 amide bonds. The number of ether oxygens (including phenoxy) is 2. The Morgan fingerprint density at radius 2 is 2.04 bits per heavy atom. The summed E-state index contributed by atoms with van der Waals surface area (Å²) in [6.45, 7) is 10.8. The quantitative estimate of drug-likeness (QED) is 0.596.